The van der Waals surface area contributed by atoms with Gasteiger partial charge >= 0.3 is 0 Å². The number of phenols is 1. The Morgan fingerprint density at radius 1 is 1.00 bits per heavy atom. The van der Waals surface area contributed by atoms with Gasteiger partial charge in [-0.05, 0) is 31.2 Å². The molecule has 4 nitrogen and oxygen atoms in total. The Kier molecular flexibility index (Phi) is 4.34. The first kappa shape index (κ1) is 16.9. The van der Waals surface area contributed by atoms with Crippen LogP contribution in [0.5, 0.6) is 5.75 Å². The summed E-state index contributed by atoms with van der Waals surface area (Å²) in [5, 5.41) is 11.2. The largest absolute Gasteiger partial charge is 0.506 e. The van der Waals surface area contributed by atoms with Crippen LogP contribution in [0.25, 0.3) is 10.8 Å². The van der Waals surface area contributed by atoms with Crippen LogP contribution < -0.4 is 4.72 Å². The molecule has 0 amide bonds. The highest BCUT2D eigenvalue weighted by molar-refractivity contribution is 7.92. The molecule has 24 heavy (non-hydrogen) atoms. The highest BCUT2D eigenvalue weighted by Crippen LogP contribution is 2.41. The summed E-state index contributed by atoms with van der Waals surface area (Å²) in [6.45, 7) is 1.88. The first-order valence-corrected chi connectivity index (χ1v) is 9.22. The predicted molar refractivity (Wildman–Crippen MR) is 97.6 cm³/mol. The normalized spacial score (nSPS) is 11.6. The number of aromatic hydroxyl groups is 1. The maximum atomic E-state index is 12.6. The molecule has 0 aromatic heterocycles. The van der Waals surface area contributed by atoms with E-state index in [1.807, 2.05) is 6.92 Å². The summed E-state index contributed by atoms with van der Waals surface area (Å²) in [6.07, 6.45) is 0. The molecule has 124 valence electrons. The molecule has 0 aliphatic rings. The Labute approximate surface area is 149 Å². The van der Waals surface area contributed by atoms with Crippen LogP contribution in [0.2, 0.25) is 10.0 Å². The standard InChI is InChI=1S/C17H13Cl2NO3S/c1-10-5-7-11(8-6-10)24(22,23)20-15-4-2-3-12-16(15)13(18)9-14(19)17(12)21/h2-9,20-21H,1H3. The molecule has 3 rings (SSSR count). The van der Waals surface area contributed by atoms with Gasteiger partial charge in [-0.2, -0.15) is 0 Å². The number of sulfonamides is 1. The second-order valence-electron chi connectivity index (χ2n) is 5.34. The number of fused-ring (bicyclic) bond motifs is 1. The quantitative estimate of drug-likeness (QED) is 0.673. The van der Waals surface area contributed by atoms with Crippen LogP contribution in [0.4, 0.5) is 5.69 Å². The second kappa shape index (κ2) is 6.16. The third kappa shape index (κ3) is 3.02. The van der Waals surface area contributed by atoms with Gasteiger partial charge in [-0.25, -0.2) is 8.42 Å². The van der Waals surface area contributed by atoms with Crippen LogP contribution in [0, 0.1) is 6.92 Å². The van der Waals surface area contributed by atoms with E-state index in [4.69, 9.17) is 23.2 Å². The molecule has 3 aromatic carbocycles. The van der Waals surface area contributed by atoms with Crippen molar-refractivity contribution in [1.82, 2.24) is 0 Å². The molecule has 0 bridgehead atoms. The lowest BCUT2D eigenvalue weighted by molar-refractivity contribution is 0.482. The first-order valence-electron chi connectivity index (χ1n) is 6.99. The van der Waals surface area contributed by atoms with E-state index >= 15 is 0 Å². The third-order valence-corrected chi connectivity index (χ3v) is 5.58. The van der Waals surface area contributed by atoms with Gasteiger partial charge in [0.1, 0.15) is 5.75 Å². The molecule has 0 saturated heterocycles. The summed E-state index contributed by atoms with van der Waals surface area (Å²) in [6, 6.07) is 12.7. The number of hydrogen-bond donors (Lipinski definition) is 2. The Balaban J connectivity index is 2.14. The molecule has 0 fully saturated rings. The highest BCUT2D eigenvalue weighted by Gasteiger charge is 2.18. The van der Waals surface area contributed by atoms with E-state index < -0.39 is 10.0 Å². The van der Waals surface area contributed by atoms with Gasteiger partial charge in [-0.1, -0.05) is 53.0 Å². The lowest BCUT2D eigenvalue weighted by Crippen LogP contribution is -2.13. The van der Waals surface area contributed by atoms with Crippen LogP contribution >= 0.6 is 23.2 Å². The van der Waals surface area contributed by atoms with Gasteiger partial charge in [0.25, 0.3) is 10.0 Å². The van der Waals surface area contributed by atoms with Crippen molar-refractivity contribution in [3.8, 4) is 5.75 Å². The van der Waals surface area contributed by atoms with Gasteiger partial charge in [0.15, 0.2) is 0 Å². The zero-order valence-electron chi connectivity index (χ0n) is 12.5. The highest BCUT2D eigenvalue weighted by atomic mass is 35.5. The zero-order valence-corrected chi connectivity index (χ0v) is 14.9. The fourth-order valence-corrected chi connectivity index (χ4v) is 4.04. The Bertz CT molecular complexity index is 1030. The van der Waals surface area contributed by atoms with Gasteiger partial charge in [0.05, 0.1) is 20.6 Å². The van der Waals surface area contributed by atoms with Crippen molar-refractivity contribution in [2.45, 2.75) is 11.8 Å². The molecule has 0 spiro atoms. The minimum absolute atomic E-state index is 0.103. The average Bonchev–Trinajstić information content (AvgIpc) is 2.52. The molecule has 7 heteroatoms. The Morgan fingerprint density at radius 3 is 2.33 bits per heavy atom. The minimum atomic E-state index is -3.78. The van der Waals surface area contributed by atoms with Crippen LogP contribution in [-0.4, -0.2) is 13.5 Å². The summed E-state index contributed by atoms with van der Waals surface area (Å²) in [4.78, 5) is 0.138. The summed E-state index contributed by atoms with van der Waals surface area (Å²) in [5.74, 6) is -0.146. The van der Waals surface area contributed by atoms with Crippen molar-refractivity contribution < 1.29 is 13.5 Å². The molecule has 0 saturated carbocycles. The maximum absolute atomic E-state index is 12.6. The van der Waals surface area contributed by atoms with E-state index in [0.717, 1.165) is 5.56 Å². The minimum Gasteiger partial charge on any atom is -0.506 e. The van der Waals surface area contributed by atoms with Crippen LogP contribution in [0.3, 0.4) is 0 Å². The van der Waals surface area contributed by atoms with Gasteiger partial charge in [0.2, 0.25) is 0 Å². The second-order valence-corrected chi connectivity index (χ2v) is 7.83. The van der Waals surface area contributed by atoms with Crippen molar-refractivity contribution in [1.29, 1.82) is 0 Å². The van der Waals surface area contributed by atoms with E-state index in [1.165, 1.54) is 18.2 Å². The number of benzene rings is 3. The van der Waals surface area contributed by atoms with E-state index in [0.29, 0.717) is 10.8 Å². The van der Waals surface area contributed by atoms with Crippen molar-refractivity contribution >= 4 is 49.7 Å². The zero-order chi connectivity index (χ0) is 17.5. The summed E-state index contributed by atoms with van der Waals surface area (Å²) < 4.78 is 27.7. The number of anilines is 1. The smallest absolute Gasteiger partial charge is 0.261 e. The summed E-state index contributed by atoms with van der Waals surface area (Å²) in [7, 11) is -3.78. The van der Waals surface area contributed by atoms with Crippen LogP contribution in [0.1, 0.15) is 5.56 Å². The molecule has 2 N–H and O–H groups in total. The van der Waals surface area contributed by atoms with Crippen molar-refractivity contribution in [3.63, 3.8) is 0 Å². The number of halogens is 2. The van der Waals surface area contributed by atoms with E-state index in [9.17, 15) is 13.5 Å². The molecule has 3 aromatic rings. The van der Waals surface area contributed by atoms with E-state index in [1.54, 1.807) is 30.3 Å². The molecular weight excluding hydrogens is 369 g/mol. The van der Waals surface area contributed by atoms with Crippen LogP contribution in [-0.2, 0) is 10.0 Å². The molecule has 0 heterocycles. The lowest BCUT2D eigenvalue weighted by Gasteiger charge is -2.13. The molecular formula is C17H13Cl2NO3S. The molecule has 0 radical (unpaired) electrons. The van der Waals surface area contributed by atoms with Crippen LogP contribution in [0.15, 0.2) is 53.4 Å². The summed E-state index contributed by atoms with van der Waals surface area (Å²) >= 11 is 12.1. The molecule has 0 unspecified atom stereocenters. The summed E-state index contributed by atoms with van der Waals surface area (Å²) in [5.41, 5.74) is 1.23. The number of hydrogen-bond acceptors (Lipinski definition) is 3. The topological polar surface area (TPSA) is 66.4 Å². The van der Waals surface area contributed by atoms with Crippen molar-refractivity contribution in [2.24, 2.45) is 0 Å². The molecule has 0 aliphatic heterocycles. The Hall–Kier alpha value is -1.95. The number of phenolic OH excluding ortho intramolecular Hbond substituents is 1. The maximum Gasteiger partial charge on any atom is 0.261 e. The van der Waals surface area contributed by atoms with Crippen molar-refractivity contribution in [2.75, 3.05) is 4.72 Å². The number of rotatable bonds is 3. The SMILES string of the molecule is Cc1ccc(S(=O)(=O)Nc2cccc3c(O)c(Cl)cc(Cl)c23)cc1. The molecule has 0 atom stereocenters. The monoisotopic (exact) mass is 381 g/mol. The predicted octanol–water partition coefficient (Wildman–Crippen LogP) is 4.96. The van der Waals surface area contributed by atoms with Gasteiger partial charge < -0.3 is 5.11 Å². The van der Waals surface area contributed by atoms with Gasteiger partial charge in [-0.3, -0.25) is 4.72 Å². The fraction of sp³-hybridized carbons (Fsp3) is 0.0588. The average molecular weight is 382 g/mol. The molecule has 0 aliphatic carbocycles. The van der Waals surface area contributed by atoms with E-state index in [2.05, 4.69) is 4.72 Å². The Morgan fingerprint density at radius 2 is 1.67 bits per heavy atom. The number of aryl methyl sites for hydroxylation is 1. The number of nitrogens with one attached hydrogen (secondary N) is 1. The van der Waals surface area contributed by atoms with Crippen molar-refractivity contribution in [3.05, 3.63) is 64.1 Å². The first-order chi connectivity index (χ1) is 11.3. The van der Waals surface area contributed by atoms with Gasteiger partial charge in [-0.15, -0.1) is 0 Å². The lowest BCUT2D eigenvalue weighted by atomic mass is 10.1. The fourth-order valence-electron chi connectivity index (χ4n) is 2.39. The third-order valence-electron chi connectivity index (χ3n) is 3.61. The van der Waals surface area contributed by atoms with Gasteiger partial charge in [0, 0.05) is 10.8 Å². The van der Waals surface area contributed by atoms with E-state index in [-0.39, 0.29) is 26.4 Å².